The highest BCUT2D eigenvalue weighted by Gasteiger charge is 2.17. The number of hydrogen-bond donors (Lipinski definition) is 1. The molecule has 3 rings (SSSR count). The molecule has 1 aliphatic rings. The van der Waals surface area contributed by atoms with E-state index in [9.17, 15) is 0 Å². The summed E-state index contributed by atoms with van der Waals surface area (Å²) in [6, 6.07) is 4.39. The quantitative estimate of drug-likeness (QED) is 0.894. The number of hydrogen-bond acceptors (Lipinski definition) is 2. The molecule has 2 aromatic rings. The molecule has 1 aromatic heterocycles. The second-order valence-corrected chi connectivity index (χ2v) is 6.10. The van der Waals surface area contributed by atoms with Gasteiger partial charge in [-0.1, -0.05) is 6.92 Å². The first kappa shape index (κ1) is 12.7. The van der Waals surface area contributed by atoms with E-state index >= 15 is 0 Å². The number of nitrogens with zero attached hydrogens (tertiary/aromatic N) is 2. The van der Waals surface area contributed by atoms with Crippen molar-refractivity contribution < 1.29 is 0 Å². The molecule has 0 amide bonds. The summed E-state index contributed by atoms with van der Waals surface area (Å²) in [7, 11) is 0. The lowest BCUT2D eigenvalue weighted by molar-refractivity contribution is 0.182. The van der Waals surface area contributed by atoms with Crippen molar-refractivity contribution in [2.24, 2.45) is 5.92 Å². The number of H-pyrrole nitrogens is 1. The zero-order valence-electron chi connectivity index (χ0n) is 12.2. The Balaban J connectivity index is 1.78. The van der Waals surface area contributed by atoms with Gasteiger partial charge in [0.1, 0.15) is 5.82 Å². The van der Waals surface area contributed by atoms with Crippen LogP contribution in [-0.4, -0.2) is 28.0 Å². The number of aromatic amines is 1. The number of piperidine rings is 1. The number of fused-ring (bicyclic) bond motifs is 1. The van der Waals surface area contributed by atoms with Gasteiger partial charge in [0.05, 0.1) is 17.6 Å². The maximum Gasteiger partial charge on any atom is 0.121 e. The topological polar surface area (TPSA) is 31.9 Å². The lowest BCUT2D eigenvalue weighted by Gasteiger charge is -2.29. The molecule has 0 radical (unpaired) electrons. The van der Waals surface area contributed by atoms with Crippen LogP contribution in [-0.2, 0) is 6.54 Å². The van der Waals surface area contributed by atoms with Crippen LogP contribution in [0.15, 0.2) is 12.1 Å². The molecule has 0 atom stereocenters. The third-order valence-electron chi connectivity index (χ3n) is 4.40. The Morgan fingerprint density at radius 2 is 1.89 bits per heavy atom. The van der Waals surface area contributed by atoms with Crippen molar-refractivity contribution in [2.75, 3.05) is 13.1 Å². The van der Waals surface area contributed by atoms with Crippen molar-refractivity contribution in [2.45, 2.75) is 40.2 Å². The predicted molar refractivity (Wildman–Crippen MR) is 79.2 cm³/mol. The first-order chi connectivity index (χ1) is 9.11. The summed E-state index contributed by atoms with van der Waals surface area (Å²) in [5.41, 5.74) is 4.92. The Bertz CT molecular complexity index is 538. The van der Waals surface area contributed by atoms with E-state index in [0.717, 1.165) is 23.8 Å². The zero-order valence-corrected chi connectivity index (χ0v) is 12.2. The average Bonchev–Trinajstić information content (AvgIpc) is 2.74. The smallest absolute Gasteiger partial charge is 0.121 e. The van der Waals surface area contributed by atoms with Crippen LogP contribution in [0.3, 0.4) is 0 Å². The highest BCUT2D eigenvalue weighted by atomic mass is 15.2. The SMILES string of the molecule is Cc1cc2nc(CN3CCC(C)CC3)[nH]c2cc1C. The van der Waals surface area contributed by atoms with Crippen molar-refractivity contribution >= 4 is 11.0 Å². The van der Waals surface area contributed by atoms with Gasteiger partial charge in [0.25, 0.3) is 0 Å². The van der Waals surface area contributed by atoms with Gasteiger partial charge in [-0.2, -0.15) is 0 Å². The van der Waals surface area contributed by atoms with Gasteiger partial charge in [0.15, 0.2) is 0 Å². The van der Waals surface area contributed by atoms with E-state index in [-0.39, 0.29) is 0 Å². The second kappa shape index (κ2) is 4.97. The third-order valence-corrected chi connectivity index (χ3v) is 4.40. The Hall–Kier alpha value is -1.35. The Morgan fingerprint density at radius 1 is 1.21 bits per heavy atom. The van der Waals surface area contributed by atoms with Crippen LogP contribution in [0, 0.1) is 19.8 Å². The monoisotopic (exact) mass is 257 g/mol. The molecule has 1 N–H and O–H groups in total. The van der Waals surface area contributed by atoms with Crippen molar-refractivity contribution in [3.63, 3.8) is 0 Å². The number of rotatable bonds is 2. The molecule has 0 spiro atoms. The Labute approximate surface area is 115 Å². The molecule has 19 heavy (non-hydrogen) atoms. The maximum atomic E-state index is 4.73. The molecule has 1 saturated heterocycles. The Kier molecular flexibility index (Phi) is 3.31. The minimum absolute atomic E-state index is 0.886. The van der Waals surface area contributed by atoms with E-state index in [1.54, 1.807) is 0 Å². The number of nitrogens with one attached hydrogen (secondary N) is 1. The molecule has 3 nitrogen and oxygen atoms in total. The van der Waals surface area contributed by atoms with Crippen molar-refractivity contribution in [3.05, 3.63) is 29.1 Å². The largest absolute Gasteiger partial charge is 0.341 e. The number of benzene rings is 1. The van der Waals surface area contributed by atoms with Crippen LogP contribution in [0.1, 0.15) is 36.7 Å². The molecule has 1 aliphatic heterocycles. The van der Waals surface area contributed by atoms with Gasteiger partial charge in [-0.3, -0.25) is 4.90 Å². The molecule has 1 aromatic carbocycles. The van der Waals surface area contributed by atoms with Gasteiger partial charge in [0.2, 0.25) is 0 Å². The summed E-state index contributed by atoms with van der Waals surface area (Å²) in [5.74, 6) is 1.99. The fourth-order valence-electron chi connectivity index (χ4n) is 2.83. The number of aromatic nitrogens is 2. The molecular weight excluding hydrogens is 234 g/mol. The summed E-state index contributed by atoms with van der Waals surface area (Å²) in [6.45, 7) is 10.0. The molecule has 1 fully saturated rings. The third kappa shape index (κ3) is 2.66. The van der Waals surface area contributed by atoms with Gasteiger partial charge in [-0.15, -0.1) is 0 Å². The highest BCUT2D eigenvalue weighted by Crippen LogP contribution is 2.20. The molecule has 2 heterocycles. The minimum atomic E-state index is 0.886. The van der Waals surface area contributed by atoms with E-state index in [2.05, 4.69) is 42.8 Å². The van der Waals surface area contributed by atoms with E-state index < -0.39 is 0 Å². The lowest BCUT2D eigenvalue weighted by Crippen LogP contribution is -2.32. The normalized spacial score (nSPS) is 18.3. The Morgan fingerprint density at radius 3 is 2.63 bits per heavy atom. The summed E-state index contributed by atoms with van der Waals surface area (Å²) >= 11 is 0. The fourth-order valence-corrected chi connectivity index (χ4v) is 2.83. The molecule has 0 unspecified atom stereocenters. The van der Waals surface area contributed by atoms with Crippen molar-refractivity contribution in [1.29, 1.82) is 0 Å². The van der Waals surface area contributed by atoms with E-state index in [4.69, 9.17) is 4.98 Å². The predicted octanol–water partition coefficient (Wildman–Crippen LogP) is 3.41. The lowest BCUT2D eigenvalue weighted by atomic mass is 9.99. The standard InChI is InChI=1S/C16H23N3/c1-11-4-6-19(7-5-11)10-16-17-14-8-12(2)13(3)9-15(14)18-16/h8-9,11H,4-7,10H2,1-3H3,(H,17,18). The molecule has 0 bridgehead atoms. The van der Waals surface area contributed by atoms with Gasteiger partial charge in [0, 0.05) is 0 Å². The fraction of sp³-hybridized carbons (Fsp3) is 0.562. The van der Waals surface area contributed by atoms with Gasteiger partial charge in [-0.25, -0.2) is 4.98 Å². The van der Waals surface area contributed by atoms with Crippen molar-refractivity contribution in [3.8, 4) is 0 Å². The van der Waals surface area contributed by atoms with E-state index in [1.165, 1.54) is 42.6 Å². The van der Waals surface area contributed by atoms with E-state index in [0.29, 0.717) is 0 Å². The summed E-state index contributed by atoms with van der Waals surface area (Å²) < 4.78 is 0. The number of likely N-dealkylation sites (tertiary alicyclic amines) is 1. The molecule has 0 aliphatic carbocycles. The summed E-state index contributed by atoms with van der Waals surface area (Å²) in [4.78, 5) is 10.7. The van der Waals surface area contributed by atoms with Gasteiger partial charge < -0.3 is 4.98 Å². The molecule has 0 saturated carbocycles. The first-order valence-electron chi connectivity index (χ1n) is 7.30. The molecule has 3 heteroatoms. The van der Waals surface area contributed by atoms with Gasteiger partial charge >= 0.3 is 0 Å². The molecular formula is C16H23N3. The zero-order chi connectivity index (χ0) is 13.4. The van der Waals surface area contributed by atoms with E-state index in [1.807, 2.05) is 0 Å². The van der Waals surface area contributed by atoms with Gasteiger partial charge in [-0.05, 0) is 69.0 Å². The minimum Gasteiger partial charge on any atom is -0.341 e. The van der Waals surface area contributed by atoms with Crippen molar-refractivity contribution in [1.82, 2.24) is 14.9 Å². The maximum absolute atomic E-state index is 4.73. The average molecular weight is 257 g/mol. The van der Waals surface area contributed by atoms with Crippen LogP contribution < -0.4 is 0 Å². The van der Waals surface area contributed by atoms with Crippen LogP contribution in [0.2, 0.25) is 0 Å². The first-order valence-corrected chi connectivity index (χ1v) is 7.30. The number of imidazole rings is 1. The number of aryl methyl sites for hydroxylation is 2. The summed E-state index contributed by atoms with van der Waals surface area (Å²) in [5, 5.41) is 0. The van der Waals surface area contributed by atoms with Crippen LogP contribution in [0.25, 0.3) is 11.0 Å². The molecule has 102 valence electrons. The second-order valence-electron chi connectivity index (χ2n) is 6.10. The van der Waals surface area contributed by atoms with Crippen LogP contribution in [0.4, 0.5) is 0 Å². The van der Waals surface area contributed by atoms with Crippen LogP contribution >= 0.6 is 0 Å². The highest BCUT2D eigenvalue weighted by molar-refractivity contribution is 5.77. The van der Waals surface area contributed by atoms with Crippen LogP contribution in [0.5, 0.6) is 0 Å². The summed E-state index contributed by atoms with van der Waals surface area (Å²) in [6.07, 6.45) is 2.64.